The summed E-state index contributed by atoms with van der Waals surface area (Å²) in [5, 5.41) is 8.86. The number of halogens is 1. The molecule has 3 N–H and O–H groups in total. The Labute approximate surface area is 115 Å². The molecule has 0 aliphatic rings. The van der Waals surface area contributed by atoms with Crippen LogP contribution in [0.2, 0.25) is 0 Å². The number of carboxylic acids is 1. The molecular formula is C15H14FNO3. The molecule has 2 aromatic rings. The first-order valence-corrected chi connectivity index (χ1v) is 6.02. The van der Waals surface area contributed by atoms with Gasteiger partial charge in [0.05, 0.1) is 0 Å². The molecule has 0 unspecified atom stereocenters. The van der Waals surface area contributed by atoms with Crippen molar-refractivity contribution in [2.45, 2.75) is 12.6 Å². The Bertz CT molecular complexity index is 616. The zero-order chi connectivity index (χ0) is 14.5. The molecule has 2 rings (SSSR count). The zero-order valence-electron chi connectivity index (χ0n) is 10.6. The van der Waals surface area contributed by atoms with E-state index in [1.165, 1.54) is 12.1 Å². The molecule has 2 aromatic carbocycles. The molecule has 0 heterocycles. The van der Waals surface area contributed by atoms with Gasteiger partial charge in [-0.1, -0.05) is 24.3 Å². The second-order valence-corrected chi connectivity index (χ2v) is 4.31. The number of ether oxygens (including phenoxy) is 1. The number of hydrogen-bond donors (Lipinski definition) is 2. The van der Waals surface area contributed by atoms with E-state index in [-0.39, 0.29) is 12.4 Å². The molecular weight excluding hydrogens is 261 g/mol. The van der Waals surface area contributed by atoms with Crippen LogP contribution in [0.4, 0.5) is 4.39 Å². The van der Waals surface area contributed by atoms with E-state index in [2.05, 4.69) is 0 Å². The van der Waals surface area contributed by atoms with Crippen LogP contribution in [0.25, 0.3) is 0 Å². The first-order valence-electron chi connectivity index (χ1n) is 6.02. The lowest BCUT2D eigenvalue weighted by Crippen LogP contribution is -2.20. The van der Waals surface area contributed by atoms with Crippen LogP contribution in [0, 0.1) is 5.82 Å². The Morgan fingerprint density at radius 2 is 2.00 bits per heavy atom. The maximum Gasteiger partial charge on any atom is 0.325 e. The number of carboxylic acid groups (broad SMARTS) is 1. The topological polar surface area (TPSA) is 72.6 Å². The molecule has 0 saturated carbocycles. The van der Waals surface area contributed by atoms with E-state index in [1.54, 1.807) is 36.4 Å². The first kappa shape index (κ1) is 14.0. The number of carbonyl (C=O) groups is 1. The second-order valence-electron chi connectivity index (χ2n) is 4.31. The maximum atomic E-state index is 13.0. The van der Waals surface area contributed by atoms with Gasteiger partial charge in [-0.25, -0.2) is 4.39 Å². The lowest BCUT2D eigenvalue weighted by molar-refractivity contribution is -0.138. The Kier molecular flexibility index (Phi) is 4.32. The van der Waals surface area contributed by atoms with E-state index in [9.17, 15) is 9.18 Å². The van der Waals surface area contributed by atoms with E-state index in [1.807, 2.05) is 0 Å². The molecule has 0 aromatic heterocycles. The molecule has 20 heavy (non-hydrogen) atoms. The molecule has 0 spiro atoms. The highest BCUT2D eigenvalue weighted by Gasteiger charge is 2.14. The quantitative estimate of drug-likeness (QED) is 0.879. The van der Waals surface area contributed by atoms with E-state index < -0.39 is 12.0 Å². The molecule has 0 aliphatic carbocycles. The van der Waals surface area contributed by atoms with Crippen LogP contribution >= 0.6 is 0 Å². The standard InChI is InChI=1S/C15H14FNO3/c16-12-5-1-3-10(7-12)9-20-13-6-2-4-11(8-13)14(17)15(18)19/h1-8,14H,9,17H2,(H,18,19)/t14-/m0/s1. The Hall–Kier alpha value is -2.40. The largest absolute Gasteiger partial charge is 0.489 e. The molecule has 0 amide bonds. The average Bonchev–Trinajstić information content (AvgIpc) is 2.44. The van der Waals surface area contributed by atoms with Gasteiger partial charge in [0.1, 0.15) is 24.2 Å². The summed E-state index contributed by atoms with van der Waals surface area (Å²) in [5.74, 6) is -0.941. The van der Waals surface area contributed by atoms with Gasteiger partial charge in [-0.05, 0) is 35.4 Å². The minimum atomic E-state index is -1.10. The molecule has 0 bridgehead atoms. The Morgan fingerprint density at radius 3 is 2.70 bits per heavy atom. The number of aliphatic carboxylic acids is 1. The normalized spacial score (nSPS) is 11.9. The van der Waals surface area contributed by atoms with Gasteiger partial charge in [-0.3, -0.25) is 4.79 Å². The van der Waals surface area contributed by atoms with Gasteiger partial charge >= 0.3 is 5.97 Å². The molecule has 104 valence electrons. The van der Waals surface area contributed by atoms with E-state index >= 15 is 0 Å². The second kappa shape index (κ2) is 6.16. The van der Waals surface area contributed by atoms with Crippen LogP contribution in [-0.4, -0.2) is 11.1 Å². The third-order valence-electron chi connectivity index (χ3n) is 2.78. The molecule has 1 atom stereocenters. The summed E-state index contributed by atoms with van der Waals surface area (Å²) in [6, 6.07) is 11.5. The Morgan fingerprint density at radius 1 is 1.25 bits per heavy atom. The monoisotopic (exact) mass is 275 g/mol. The highest BCUT2D eigenvalue weighted by atomic mass is 19.1. The third-order valence-corrected chi connectivity index (χ3v) is 2.78. The predicted molar refractivity (Wildman–Crippen MR) is 71.7 cm³/mol. The van der Waals surface area contributed by atoms with Crippen molar-refractivity contribution in [1.29, 1.82) is 0 Å². The fraction of sp³-hybridized carbons (Fsp3) is 0.133. The van der Waals surface area contributed by atoms with Crippen molar-refractivity contribution in [2.75, 3.05) is 0 Å². The van der Waals surface area contributed by atoms with E-state index in [0.29, 0.717) is 16.9 Å². The number of benzene rings is 2. The van der Waals surface area contributed by atoms with Crippen molar-refractivity contribution in [3.05, 3.63) is 65.5 Å². The van der Waals surface area contributed by atoms with E-state index in [4.69, 9.17) is 15.6 Å². The minimum absolute atomic E-state index is 0.198. The lowest BCUT2D eigenvalue weighted by atomic mass is 10.1. The first-order chi connectivity index (χ1) is 9.56. The SMILES string of the molecule is N[C@H](C(=O)O)c1cccc(OCc2cccc(F)c2)c1. The smallest absolute Gasteiger partial charge is 0.325 e. The van der Waals surface area contributed by atoms with Crippen molar-refractivity contribution in [2.24, 2.45) is 5.73 Å². The Balaban J connectivity index is 2.07. The number of nitrogens with two attached hydrogens (primary N) is 1. The van der Waals surface area contributed by atoms with Crippen molar-refractivity contribution in [3.8, 4) is 5.75 Å². The molecule has 4 nitrogen and oxygen atoms in total. The van der Waals surface area contributed by atoms with Crippen molar-refractivity contribution >= 4 is 5.97 Å². The van der Waals surface area contributed by atoms with Crippen LogP contribution in [0.5, 0.6) is 5.75 Å². The third kappa shape index (κ3) is 3.55. The summed E-state index contributed by atoms with van der Waals surface area (Å²) in [6.07, 6.45) is 0. The fourth-order valence-corrected chi connectivity index (χ4v) is 1.73. The van der Waals surface area contributed by atoms with Gasteiger partial charge in [0.2, 0.25) is 0 Å². The van der Waals surface area contributed by atoms with Gasteiger partial charge in [-0.15, -0.1) is 0 Å². The number of rotatable bonds is 5. The highest BCUT2D eigenvalue weighted by molar-refractivity contribution is 5.75. The van der Waals surface area contributed by atoms with Crippen molar-refractivity contribution < 1.29 is 19.0 Å². The van der Waals surface area contributed by atoms with Crippen LogP contribution in [0.15, 0.2) is 48.5 Å². The summed E-state index contributed by atoms with van der Waals surface area (Å²) in [5.41, 5.74) is 6.67. The van der Waals surface area contributed by atoms with Gasteiger partial charge in [0.15, 0.2) is 0 Å². The van der Waals surface area contributed by atoms with Crippen molar-refractivity contribution in [1.82, 2.24) is 0 Å². The molecule has 0 aliphatic heterocycles. The number of hydrogen-bond acceptors (Lipinski definition) is 3. The summed E-state index contributed by atoms with van der Waals surface area (Å²) in [4.78, 5) is 10.8. The maximum absolute atomic E-state index is 13.0. The minimum Gasteiger partial charge on any atom is -0.489 e. The lowest BCUT2D eigenvalue weighted by Gasteiger charge is -2.10. The van der Waals surface area contributed by atoms with Crippen LogP contribution in [0.1, 0.15) is 17.2 Å². The molecule has 5 heteroatoms. The van der Waals surface area contributed by atoms with Crippen LogP contribution < -0.4 is 10.5 Å². The zero-order valence-corrected chi connectivity index (χ0v) is 10.6. The molecule has 0 fully saturated rings. The molecule has 0 saturated heterocycles. The van der Waals surface area contributed by atoms with Gasteiger partial charge in [0, 0.05) is 0 Å². The fourth-order valence-electron chi connectivity index (χ4n) is 1.73. The summed E-state index contributed by atoms with van der Waals surface area (Å²) in [7, 11) is 0. The van der Waals surface area contributed by atoms with Crippen LogP contribution in [0.3, 0.4) is 0 Å². The summed E-state index contributed by atoms with van der Waals surface area (Å²) < 4.78 is 18.5. The van der Waals surface area contributed by atoms with E-state index in [0.717, 1.165) is 0 Å². The average molecular weight is 275 g/mol. The van der Waals surface area contributed by atoms with Crippen molar-refractivity contribution in [3.63, 3.8) is 0 Å². The van der Waals surface area contributed by atoms with Gasteiger partial charge in [-0.2, -0.15) is 0 Å². The summed E-state index contributed by atoms with van der Waals surface area (Å²) in [6.45, 7) is 0.198. The molecule has 0 radical (unpaired) electrons. The summed E-state index contributed by atoms with van der Waals surface area (Å²) >= 11 is 0. The highest BCUT2D eigenvalue weighted by Crippen LogP contribution is 2.19. The predicted octanol–water partition coefficient (Wildman–Crippen LogP) is 2.49. The van der Waals surface area contributed by atoms with Gasteiger partial charge in [0.25, 0.3) is 0 Å². The van der Waals surface area contributed by atoms with Gasteiger partial charge < -0.3 is 15.6 Å². The van der Waals surface area contributed by atoms with Crippen LogP contribution in [-0.2, 0) is 11.4 Å².